The first kappa shape index (κ1) is 11.2. The Kier molecular flexibility index (Phi) is 3.26. The molecule has 0 radical (unpaired) electrons. The Balaban J connectivity index is 2.37. The van der Waals surface area contributed by atoms with Crippen molar-refractivity contribution in [3.05, 3.63) is 35.7 Å². The molecule has 2 rings (SSSR count). The highest BCUT2D eigenvalue weighted by Gasteiger charge is 2.09. The summed E-state index contributed by atoms with van der Waals surface area (Å²) >= 11 is 1.61. The molecule has 1 heterocycles. The zero-order valence-electron chi connectivity index (χ0n) is 9.34. The maximum atomic E-state index is 5.73. The van der Waals surface area contributed by atoms with Crippen LogP contribution in [0.2, 0.25) is 0 Å². The summed E-state index contributed by atoms with van der Waals surface area (Å²) in [6.45, 7) is 2.62. The lowest BCUT2D eigenvalue weighted by atomic mass is 10.1. The number of hydrogen-bond acceptors (Lipinski definition) is 4. The standard InChI is InChI=1S/C11H14N4S/c1-8-4-3-5-9(6-12)10(8)16-11-13-7-14-15(11)2/h3-5,7H,6,12H2,1-2H3. The molecule has 4 nitrogen and oxygen atoms in total. The summed E-state index contributed by atoms with van der Waals surface area (Å²) in [5.74, 6) is 0. The minimum Gasteiger partial charge on any atom is -0.326 e. The van der Waals surface area contributed by atoms with Crippen LogP contribution in [0, 0.1) is 6.92 Å². The highest BCUT2D eigenvalue weighted by atomic mass is 32.2. The van der Waals surface area contributed by atoms with Crippen LogP contribution in [0.15, 0.2) is 34.6 Å². The number of aryl methyl sites for hydroxylation is 2. The van der Waals surface area contributed by atoms with Gasteiger partial charge in [0.1, 0.15) is 6.33 Å². The first-order valence-electron chi connectivity index (χ1n) is 5.02. The summed E-state index contributed by atoms with van der Waals surface area (Å²) in [5.41, 5.74) is 8.10. The van der Waals surface area contributed by atoms with Crippen LogP contribution in [0.3, 0.4) is 0 Å². The topological polar surface area (TPSA) is 56.7 Å². The third kappa shape index (κ3) is 2.10. The van der Waals surface area contributed by atoms with E-state index < -0.39 is 0 Å². The summed E-state index contributed by atoms with van der Waals surface area (Å²) in [6, 6.07) is 6.15. The normalized spacial score (nSPS) is 10.7. The van der Waals surface area contributed by atoms with Crippen molar-refractivity contribution >= 4 is 11.8 Å². The maximum Gasteiger partial charge on any atom is 0.190 e. The molecule has 16 heavy (non-hydrogen) atoms. The Bertz CT molecular complexity index is 492. The van der Waals surface area contributed by atoms with Gasteiger partial charge in [0.25, 0.3) is 0 Å². The Labute approximate surface area is 98.9 Å². The molecule has 0 spiro atoms. The molecule has 0 unspecified atom stereocenters. The average molecular weight is 234 g/mol. The number of nitrogens with zero attached hydrogens (tertiary/aromatic N) is 3. The molecule has 0 aliphatic heterocycles. The molecule has 0 aliphatic rings. The van der Waals surface area contributed by atoms with Gasteiger partial charge >= 0.3 is 0 Å². The van der Waals surface area contributed by atoms with E-state index in [4.69, 9.17) is 5.73 Å². The van der Waals surface area contributed by atoms with Crippen molar-refractivity contribution in [1.29, 1.82) is 0 Å². The highest BCUT2D eigenvalue weighted by molar-refractivity contribution is 7.99. The van der Waals surface area contributed by atoms with E-state index in [1.165, 1.54) is 10.5 Å². The Morgan fingerprint density at radius 1 is 1.44 bits per heavy atom. The van der Waals surface area contributed by atoms with Gasteiger partial charge in [0, 0.05) is 18.5 Å². The zero-order chi connectivity index (χ0) is 11.5. The fourth-order valence-electron chi connectivity index (χ4n) is 1.49. The zero-order valence-corrected chi connectivity index (χ0v) is 10.2. The monoisotopic (exact) mass is 234 g/mol. The van der Waals surface area contributed by atoms with E-state index in [-0.39, 0.29) is 0 Å². The minimum absolute atomic E-state index is 0.544. The molecule has 1 aromatic carbocycles. The van der Waals surface area contributed by atoms with Gasteiger partial charge in [0.05, 0.1) is 0 Å². The van der Waals surface area contributed by atoms with Crippen LogP contribution < -0.4 is 5.73 Å². The molecule has 0 aliphatic carbocycles. The summed E-state index contributed by atoms with van der Waals surface area (Å²) < 4.78 is 1.76. The second-order valence-corrected chi connectivity index (χ2v) is 4.51. The summed E-state index contributed by atoms with van der Waals surface area (Å²) in [4.78, 5) is 5.38. The molecule has 0 amide bonds. The van der Waals surface area contributed by atoms with Gasteiger partial charge in [-0.1, -0.05) is 18.2 Å². The third-order valence-corrected chi connectivity index (χ3v) is 3.72. The fraction of sp³-hybridized carbons (Fsp3) is 0.273. The van der Waals surface area contributed by atoms with Gasteiger partial charge in [-0.15, -0.1) is 0 Å². The molecule has 0 fully saturated rings. The Hall–Kier alpha value is -1.33. The molecule has 0 saturated carbocycles. The largest absolute Gasteiger partial charge is 0.326 e. The van der Waals surface area contributed by atoms with Gasteiger partial charge in [-0.25, -0.2) is 9.67 Å². The van der Waals surface area contributed by atoms with Gasteiger partial charge in [-0.05, 0) is 29.8 Å². The van der Waals surface area contributed by atoms with Crippen molar-refractivity contribution < 1.29 is 0 Å². The van der Waals surface area contributed by atoms with Gasteiger partial charge in [0.15, 0.2) is 5.16 Å². The Morgan fingerprint density at radius 3 is 2.88 bits per heavy atom. The third-order valence-electron chi connectivity index (χ3n) is 2.38. The van der Waals surface area contributed by atoms with E-state index in [0.29, 0.717) is 6.54 Å². The molecule has 84 valence electrons. The van der Waals surface area contributed by atoms with E-state index in [2.05, 4.69) is 23.1 Å². The van der Waals surface area contributed by atoms with Crippen LogP contribution in [0.5, 0.6) is 0 Å². The number of nitrogens with two attached hydrogens (primary N) is 1. The van der Waals surface area contributed by atoms with E-state index in [1.807, 2.05) is 19.2 Å². The maximum absolute atomic E-state index is 5.73. The molecule has 1 aromatic heterocycles. The lowest BCUT2D eigenvalue weighted by Crippen LogP contribution is -2.00. The molecule has 2 aromatic rings. The van der Waals surface area contributed by atoms with Crippen molar-refractivity contribution in [2.45, 2.75) is 23.5 Å². The van der Waals surface area contributed by atoms with Crippen molar-refractivity contribution in [2.75, 3.05) is 0 Å². The van der Waals surface area contributed by atoms with Gasteiger partial charge in [-0.3, -0.25) is 0 Å². The number of rotatable bonds is 3. The predicted molar refractivity (Wildman–Crippen MR) is 64.2 cm³/mol. The van der Waals surface area contributed by atoms with Crippen LogP contribution in [0.4, 0.5) is 0 Å². The number of aromatic nitrogens is 3. The van der Waals surface area contributed by atoms with Crippen LogP contribution in [0.1, 0.15) is 11.1 Å². The second kappa shape index (κ2) is 4.67. The molecule has 2 N–H and O–H groups in total. The van der Waals surface area contributed by atoms with Gasteiger partial charge < -0.3 is 5.73 Å². The smallest absolute Gasteiger partial charge is 0.190 e. The summed E-state index contributed by atoms with van der Waals surface area (Å²) in [5, 5.41) is 4.93. The first-order valence-corrected chi connectivity index (χ1v) is 5.84. The SMILES string of the molecule is Cc1cccc(CN)c1Sc1ncnn1C. The van der Waals surface area contributed by atoms with Crippen molar-refractivity contribution in [2.24, 2.45) is 12.8 Å². The van der Waals surface area contributed by atoms with Crippen LogP contribution in [-0.4, -0.2) is 14.8 Å². The number of benzene rings is 1. The van der Waals surface area contributed by atoms with Crippen molar-refractivity contribution in [3.8, 4) is 0 Å². The molecule has 0 bridgehead atoms. The van der Waals surface area contributed by atoms with Crippen molar-refractivity contribution in [3.63, 3.8) is 0 Å². The van der Waals surface area contributed by atoms with Crippen LogP contribution in [0.25, 0.3) is 0 Å². The Morgan fingerprint density at radius 2 is 2.25 bits per heavy atom. The highest BCUT2D eigenvalue weighted by Crippen LogP contribution is 2.31. The van der Waals surface area contributed by atoms with Crippen LogP contribution >= 0.6 is 11.8 Å². The predicted octanol–water partition coefficient (Wildman–Crippen LogP) is 1.73. The molecule has 5 heteroatoms. The van der Waals surface area contributed by atoms with Gasteiger partial charge in [0.2, 0.25) is 0 Å². The summed E-state index contributed by atoms with van der Waals surface area (Å²) in [7, 11) is 1.88. The molecular weight excluding hydrogens is 220 g/mol. The second-order valence-electron chi connectivity index (χ2n) is 3.54. The molecule has 0 atom stereocenters. The molecule has 0 saturated heterocycles. The quantitative estimate of drug-likeness (QED) is 0.878. The van der Waals surface area contributed by atoms with Crippen LogP contribution in [-0.2, 0) is 13.6 Å². The van der Waals surface area contributed by atoms with E-state index in [1.54, 1.807) is 22.8 Å². The van der Waals surface area contributed by atoms with Crippen molar-refractivity contribution in [1.82, 2.24) is 14.8 Å². The van der Waals surface area contributed by atoms with E-state index in [9.17, 15) is 0 Å². The first-order chi connectivity index (χ1) is 7.72. The lowest BCUT2D eigenvalue weighted by molar-refractivity contribution is 0.685. The molecular formula is C11H14N4S. The lowest BCUT2D eigenvalue weighted by Gasteiger charge is -2.09. The number of hydrogen-bond donors (Lipinski definition) is 1. The van der Waals surface area contributed by atoms with E-state index >= 15 is 0 Å². The van der Waals surface area contributed by atoms with Gasteiger partial charge in [-0.2, -0.15) is 5.10 Å². The fourth-order valence-corrected chi connectivity index (χ4v) is 2.46. The summed E-state index contributed by atoms with van der Waals surface area (Å²) in [6.07, 6.45) is 1.56. The minimum atomic E-state index is 0.544. The average Bonchev–Trinajstić information content (AvgIpc) is 2.67. The van der Waals surface area contributed by atoms with E-state index in [0.717, 1.165) is 10.7 Å².